The van der Waals surface area contributed by atoms with Gasteiger partial charge >= 0.3 is 0 Å². The van der Waals surface area contributed by atoms with Crippen molar-refractivity contribution >= 4 is 17.7 Å². The molecule has 1 atom stereocenters. The predicted molar refractivity (Wildman–Crippen MR) is 105 cm³/mol. The maximum absolute atomic E-state index is 12.7. The molecule has 7 nitrogen and oxygen atoms in total. The Morgan fingerprint density at radius 1 is 1.18 bits per heavy atom. The van der Waals surface area contributed by atoms with Crippen molar-refractivity contribution in [3.8, 4) is 5.75 Å². The van der Waals surface area contributed by atoms with Crippen molar-refractivity contribution in [3.05, 3.63) is 30.3 Å². The molecule has 2 heterocycles. The zero-order valence-corrected chi connectivity index (χ0v) is 16.6. The number of para-hydroxylation sites is 1. The van der Waals surface area contributed by atoms with Gasteiger partial charge in [0.05, 0.1) is 5.92 Å². The van der Waals surface area contributed by atoms with Crippen molar-refractivity contribution < 1.29 is 19.1 Å². The van der Waals surface area contributed by atoms with Gasteiger partial charge in [-0.3, -0.25) is 14.4 Å². The number of nitrogens with zero attached hydrogens (tertiary/aromatic N) is 2. The van der Waals surface area contributed by atoms with Crippen molar-refractivity contribution in [2.24, 2.45) is 5.92 Å². The minimum atomic E-state index is -0.236. The number of amides is 3. The fourth-order valence-electron chi connectivity index (χ4n) is 3.83. The summed E-state index contributed by atoms with van der Waals surface area (Å²) in [5, 5.41) is 2.98. The lowest BCUT2D eigenvalue weighted by molar-refractivity contribution is -0.137. The van der Waals surface area contributed by atoms with Gasteiger partial charge in [0.2, 0.25) is 11.8 Å². The lowest BCUT2D eigenvalue weighted by atomic mass is 10.0. The van der Waals surface area contributed by atoms with Crippen LogP contribution in [0.3, 0.4) is 0 Å². The molecule has 1 aromatic rings. The average Bonchev–Trinajstić information content (AvgIpc) is 3.09. The van der Waals surface area contributed by atoms with E-state index in [2.05, 4.69) is 5.32 Å². The third-order valence-electron chi connectivity index (χ3n) is 5.42. The Morgan fingerprint density at radius 2 is 1.86 bits per heavy atom. The molecule has 7 heteroatoms. The Bertz CT molecular complexity index is 699. The first kappa shape index (κ1) is 20.2. The fraction of sp³-hybridized carbons (Fsp3) is 0.571. The van der Waals surface area contributed by atoms with Gasteiger partial charge < -0.3 is 19.9 Å². The van der Waals surface area contributed by atoms with Crippen LogP contribution in [0.5, 0.6) is 5.75 Å². The molecule has 0 spiro atoms. The summed E-state index contributed by atoms with van der Waals surface area (Å²) in [5.41, 5.74) is 0. The van der Waals surface area contributed by atoms with Crippen LogP contribution in [0.4, 0.5) is 0 Å². The second-order valence-corrected chi connectivity index (χ2v) is 7.81. The lowest BCUT2D eigenvalue weighted by Gasteiger charge is -2.34. The third-order valence-corrected chi connectivity index (χ3v) is 5.42. The summed E-state index contributed by atoms with van der Waals surface area (Å²) >= 11 is 0. The van der Waals surface area contributed by atoms with E-state index < -0.39 is 0 Å². The van der Waals surface area contributed by atoms with Crippen LogP contribution < -0.4 is 10.1 Å². The number of piperidine rings is 1. The van der Waals surface area contributed by atoms with E-state index in [1.165, 1.54) is 0 Å². The molecule has 0 aromatic heterocycles. The largest absolute Gasteiger partial charge is 0.484 e. The summed E-state index contributed by atoms with van der Waals surface area (Å²) in [6.45, 7) is 5.66. The average molecular weight is 387 g/mol. The molecule has 0 aliphatic carbocycles. The maximum Gasteiger partial charge on any atom is 0.258 e. The molecule has 2 saturated heterocycles. The van der Waals surface area contributed by atoms with Crippen molar-refractivity contribution in [1.29, 1.82) is 0 Å². The molecule has 28 heavy (non-hydrogen) atoms. The summed E-state index contributed by atoms with van der Waals surface area (Å²) < 4.78 is 5.46. The first-order valence-electron chi connectivity index (χ1n) is 9.99. The van der Waals surface area contributed by atoms with Gasteiger partial charge in [-0.15, -0.1) is 0 Å². The first-order chi connectivity index (χ1) is 13.4. The molecule has 1 unspecified atom stereocenters. The number of hydrogen-bond donors (Lipinski definition) is 1. The molecule has 152 valence electrons. The van der Waals surface area contributed by atoms with E-state index in [4.69, 9.17) is 4.74 Å². The minimum Gasteiger partial charge on any atom is -0.484 e. The van der Waals surface area contributed by atoms with Crippen molar-refractivity contribution in [1.82, 2.24) is 15.1 Å². The monoisotopic (exact) mass is 387 g/mol. The molecule has 2 aliphatic heterocycles. The maximum atomic E-state index is 12.7. The zero-order chi connectivity index (χ0) is 20.1. The number of likely N-dealkylation sites (tertiary alicyclic amines) is 2. The van der Waals surface area contributed by atoms with Crippen molar-refractivity contribution in [2.75, 3.05) is 26.2 Å². The minimum absolute atomic E-state index is 0.0155. The molecule has 0 bridgehead atoms. The van der Waals surface area contributed by atoms with E-state index in [1.54, 1.807) is 4.90 Å². The molecule has 2 fully saturated rings. The van der Waals surface area contributed by atoms with Crippen LogP contribution in [0.1, 0.15) is 33.1 Å². The molecular formula is C21H29N3O4. The number of ether oxygens (including phenoxy) is 1. The van der Waals surface area contributed by atoms with Gasteiger partial charge in [0.25, 0.3) is 5.91 Å². The summed E-state index contributed by atoms with van der Waals surface area (Å²) in [6.07, 6.45) is 1.75. The van der Waals surface area contributed by atoms with E-state index in [-0.39, 0.29) is 42.3 Å². The fourth-order valence-corrected chi connectivity index (χ4v) is 3.83. The molecule has 3 rings (SSSR count). The van der Waals surface area contributed by atoms with Gasteiger partial charge in [0.15, 0.2) is 6.61 Å². The molecule has 1 aromatic carbocycles. The van der Waals surface area contributed by atoms with Crippen molar-refractivity contribution in [3.63, 3.8) is 0 Å². The highest BCUT2D eigenvalue weighted by molar-refractivity contribution is 5.89. The van der Waals surface area contributed by atoms with Crippen LogP contribution in [0.2, 0.25) is 0 Å². The highest BCUT2D eigenvalue weighted by Crippen LogP contribution is 2.23. The normalized spacial score (nSPS) is 20.5. The standard InChI is InChI=1S/C21H29N3O4/c1-15(2)24-13-16(12-20(24)26)21(27)23-10-8-17(9-11-23)22-19(25)14-28-18-6-4-3-5-7-18/h3-7,15-17H,8-14H2,1-2H3,(H,22,25). The quantitative estimate of drug-likeness (QED) is 0.801. The SMILES string of the molecule is CC(C)N1CC(C(=O)N2CCC(NC(=O)COc3ccccc3)CC2)CC1=O. The molecule has 0 radical (unpaired) electrons. The Kier molecular flexibility index (Phi) is 6.54. The summed E-state index contributed by atoms with van der Waals surface area (Å²) in [4.78, 5) is 40.5. The number of hydrogen-bond acceptors (Lipinski definition) is 4. The highest BCUT2D eigenvalue weighted by atomic mass is 16.5. The topological polar surface area (TPSA) is 79.0 Å². The van der Waals surface area contributed by atoms with Crippen LogP contribution in [-0.2, 0) is 14.4 Å². The van der Waals surface area contributed by atoms with Crippen LogP contribution in [0.15, 0.2) is 30.3 Å². The zero-order valence-electron chi connectivity index (χ0n) is 16.6. The molecule has 3 amide bonds. The number of carbonyl (C=O) groups is 3. The van der Waals surface area contributed by atoms with Gasteiger partial charge in [-0.05, 0) is 38.8 Å². The van der Waals surface area contributed by atoms with Gasteiger partial charge in [-0.25, -0.2) is 0 Å². The van der Waals surface area contributed by atoms with Crippen molar-refractivity contribution in [2.45, 2.75) is 45.2 Å². The first-order valence-corrected chi connectivity index (χ1v) is 9.99. The van der Waals surface area contributed by atoms with Gasteiger partial charge in [-0.2, -0.15) is 0 Å². The second-order valence-electron chi connectivity index (χ2n) is 7.81. The van der Waals surface area contributed by atoms with E-state index in [0.29, 0.717) is 31.8 Å². The Balaban J connectivity index is 1.40. The second kappa shape index (κ2) is 9.08. The smallest absolute Gasteiger partial charge is 0.258 e. The Hall–Kier alpha value is -2.57. The molecule has 2 aliphatic rings. The van der Waals surface area contributed by atoms with Gasteiger partial charge in [0.1, 0.15) is 5.75 Å². The summed E-state index contributed by atoms with van der Waals surface area (Å²) in [6, 6.07) is 9.41. The Morgan fingerprint density at radius 3 is 2.46 bits per heavy atom. The number of rotatable bonds is 6. The summed E-state index contributed by atoms with van der Waals surface area (Å²) in [5.74, 6) is 0.408. The van der Waals surface area contributed by atoms with Crippen LogP contribution in [0.25, 0.3) is 0 Å². The summed E-state index contributed by atoms with van der Waals surface area (Å²) in [7, 11) is 0. The van der Waals surface area contributed by atoms with E-state index >= 15 is 0 Å². The number of nitrogens with one attached hydrogen (secondary N) is 1. The lowest BCUT2D eigenvalue weighted by Crippen LogP contribution is -2.49. The van der Waals surface area contributed by atoms with Gasteiger partial charge in [0, 0.05) is 38.1 Å². The van der Waals surface area contributed by atoms with Crippen LogP contribution >= 0.6 is 0 Å². The predicted octanol–water partition coefficient (Wildman–Crippen LogP) is 1.43. The van der Waals surface area contributed by atoms with Crippen LogP contribution in [-0.4, -0.2) is 65.8 Å². The highest BCUT2D eigenvalue weighted by Gasteiger charge is 2.38. The van der Waals surface area contributed by atoms with E-state index in [9.17, 15) is 14.4 Å². The molecule has 0 saturated carbocycles. The number of benzene rings is 1. The Labute approximate surface area is 166 Å². The number of carbonyl (C=O) groups excluding carboxylic acids is 3. The van der Waals surface area contributed by atoms with Gasteiger partial charge in [-0.1, -0.05) is 18.2 Å². The van der Waals surface area contributed by atoms with Crippen LogP contribution in [0, 0.1) is 5.92 Å². The third kappa shape index (κ3) is 5.03. The van der Waals surface area contributed by atoms with E-state index in [0.717, 1.165) is 12.8 Å². The van der Waals surface area contributed by atoms with E-state index in [1.807, 2.05) is 49.1 Å². The molecular weight excluding hydrogens is 358 g/mol. The molecule has 1 N–H and O–H groups in total.